The molecular formula is C10H6O4. The van der Waals surface area contributed by atoms with Crippen molar-refractivity contribution in [3.8, 4) is 0 Å². The lowest BCUT2D eigenvalue weighted by atomic mass is 10.0. The molecule has 1 aromatic carbocycles. The van der Waals surface area contributed by atoms with Crippen molar-refractivity contribution in [1.29, 1.82) is 0 Å². The summed E-state index contributed by atoms with van der Waals surface area (Å²) >= 11 is 0. The van der Waals surface area contributed by atoms with Crippen molar-refractivity contribution >= 4 is 17.7 Å². The number of esters is 2. The topological polar surface area (TPSA) is 60.4 Å². The minimum Gasteiger partial charge on any atom is -0.386 e. The molecule has 2 rings (SSSR count). The van der Waals surface area contributed by atoms with Crippen molar-refractivity contribution in [2.75, 3.05) is 0 Å². The van der Waals surface area contributed by atoms with Crippen molar-refractivity contribution in [3.05, 3.63) is 34.9 Å². The second-order valence-electron chi connectivity index (χ2n) is 2.96. The van der Waals surface area contributed by atoms with E-state index in [2.05, 4.69) is 4.74 Å². The fourth-order valence-corrected chi connectivity index (χ4v) is 1.43. The summed E-state index contributed by atoms with van der Waals surface area (Å²) in [7, 11) is 0. The highest BCUT2D eigenvalue weighted by atomic mass is 16.6. The number of fused-ring (bicyclic) bond motifs is 1. The van der Waals surface area contributed by atoms with E-state index in [0.717, 1.165) is 0 Å². The Labute approximate surface area is 79.5 Å². The molecule has 4 nitrogen and oxygen atoms in total. The van der Waals surface area contributed by atoms with Crippen LogP contribution in [0.15, 0.2) is 18.2 Å². The highest BCUT2D eigenvalue weighted by Gasteiger charge is 2.32. The van der Waals surface area contributed by atoms with Gasteiger partial charge in [-0.1, -0.05) is 12.1 Å². The number of cyclic esters (lactones) is 2. The molecule has 0 fully saturated rings. The number of ketones is 1. The number of hydrogen-bond acceptors (Lipinski definition) is 4. The molecule has 0 atom stereocenters. The van der Waals surface area contributed by atoms with Crippen molar-refractivity contribution < 1.29 is 19.1 Å². The molecule has 1 aromatic rings. The first-order valence-electron chi connectivity index (χ1n) is 4.01. The van der Waals surface area contributed by atoms with Crippen LogP contribution in [0, 0.1) is 0 Å². The van der Waals surface area contributed by atoms with Crippen molar-refractivity contribution in [2.45, 2.75) is 6.92 Å². The quantitative estimate of drug-likeness (QED) is 0.379. The van der Waals surface area contributed by atoms with Crippen molar-refractivity contribution in [3.63, 3.8) is 0 Å². The minimum atomic E-state index is -0.740. The van der Waals surface area contributed by atoms with Crippen molar-refractivity contribution in [2.24, 2.45) is 0 Å². The lowest BCUT2D eigenvalue weighted by Crippen LogP contribution is -2.03. The highest BCUT2D eigenvalue weighted by molar-refractivity contribution is 6.19. The Morgan fingerprint density at radius 3 is 2.57 bits per heavy atom. The molecule has 14 heavy (non-hydrogen) atoms. The Bertz CT molecular complexity index is 459. The van der Waals surface area contributed by atoms with Gasteiger partial charge in [0.25, 0.3) is 0 Å². The number of Topliss-reactive ketones (excluding diaryl/α,β-unsaturated/α-hetero) is 1. The summed E-state index contributed by atoms with van der Waals surface area (Å²) in [5, 5.41) is 0. The van der Waals surface area contributed by atoms with Gasteiger partial charge < -0.3 is 4.74 Å². The Morgan fingerprint density at radius 2 is 1.93 bits per heavy atom. The molecule has 1 aliphatic heterocycles. The zero-order valence-electron chi connectivity index (χ0n) is 7.37. The third kappa shape index (κ3) is 1.04. The first-order valence-corrected chi connectivity index (χ1v) is 4.01. The fraction of sp³-hybridized carbons (Fsp3) is 0.100. The summed E-state index contributed by atoms with van der Waals surface area (Å²) in [4.78, 5) is 33.4. The molecule has 0 unspecified atom stereocenters. The van der Waals surface area contributed by atoms with E-state index in [-0.39, 0.29) is 22.5 Å². The van der Waals surface area contributed by atoms with E-state index in [9.17, 15) is 14.4 Å². The summed E-state index contributed by atoms with van der Waals surface area (Å²) in [6, 6.07) is 4.52. The van der Waals surface area contributed by atoms with Gasteiger partial charge in [-0.2, -0.15) is 0 Å². The van der Waals surface area contributed by atoms with E-state index < -0.39 is 11.9 Å². The molecule has 1 heterocycles. The second kappa shape index (κ2) is 2.77. The van der Waals surface area contributed by atoms with Gasteiger partial charge in [0.2, 0.25) is 0 Å². The highest BCUT2D eigenvalue weighted by Crippen LogP contribution is 2.23. The van der Waals surface area contributed by atoms with Gasteiger partial charge in [-0.3, -0.25) is 4.79 Å². The third-order valence-corrected chi connectivity index (χ3v) is 2.05. The zero-order valence-corrected chi connectivity index (χ0v) is 7.37. The number of hydrogen-bond donors (Lipinski definition) is 0. The van der Waals surface area contributed by atoms with E-state index in [4.69, 9.17) is 0 Å². The van der Waals surface area contributed by atoms with Crippen LogP contribution in [0.3, 0.4) is 0 Å². The molecule has 0 bridgehead atoms. The average molecular weight is 190 g/mol. The molecule has 1 aliphatic rings. The van der Waals surface area contributed by atoms with Crippen LogP contribution < -0.4 is 0 Å². The van der Waals surface area contributed by atoms with Gasteiger partial charge in [0, 0.05) is 5.56 Å². The molecule has 0 radical (unpaired) electrons. The van der Waals surface area contributed by atoms with E-state index in [0.29, 0.717) is 0 Å². The maximum absolute atomic E-state index is 11.2. The normalized spacial score (nSPS) is 13.8. The molecule has 70 valence electrons. The maximum Gasteiger partial charge on any atom is 0.347 e. The number of rotatable bonds is 1. The van der Waals surface area contributed by atoms with Crippen LogP contribution >= 0.6 is 0 Å². The van der Waals surface area contributed by atoms with Crippen LogP contribution in [-0.4, -0.2) is 17.7 Å². The maximum atomic E-state index is 11.2. The summed E-state index contributed by atoms with van der Waals surface area (Å²) in [5.74, 6) is -1.68. The molecule has 0 aliphatic carbocycles. The summed E-state index contributed by atoms with van der Waals surface area (Å²) in [6.45, 7) is 1.34. The van der Waals surface area contributed by atoms with Crippen molar-refractivity contribution in [1.82, 2.24) is 0 Å². The minimum absolute atomic E-state index is 0.0880. The van der Waals surface area contributed by atoms with Crippen LogP contribution in [0.4, 0.5) is 0 Å². The van der Waals surface area contributed by atoms with E-state index >= 15 is 0 Å². The fourth-order valence-electron chi connectivity index (χ4n) is 1.43. The number of carbonyl (C=O) groups is 3. The van der Waals surface area contributed by atoms with Gasteiger partial charge in [0.1, 0.15) is 0 Å². The van der Waals surface area contributed by atoms with E-state index in [1.165, 1.54) is 19.1 Å². The largest absolute Gasteiger partial charge is 0.386 e. The molecule has 0 spiro atoms. The Morgan fingerprint density at radius 1 is 1.21 bits per heavy atom. The number of benzene rings is 1. The van der Waals surface area contributed by atoms with Gasteiger partial charge in [0.05, 0.1) is 11.1 Å². The zero-order chi connectivity index (χ0) is 10.3. The molecule has 0 N–H and O–H groups in total. The van der Waals surface area contributed by atoms with Gasteiger partial charge in [0.15, 0.2) is 5.78 Å². The average Bonchev–Trinajstić information content (AvgIpc) is 2.43. The summed E-state index contributed by atoms with van der Waals surface area (Å²) < 4.78 is 4.39. The van der Waals surface area contributed by atoms with Crippen LogP contribution in [-0.2, 0) is 4.74 Å². The lowest BCUT2D eigenvalue weighted by molar-refractivity contribution is 0.0442. The van der Waals surface area contributed by atoms with E-state index in [1.807, 2.05) is 0 Å². The molecule has 4 heteroatoms. The monoisotopic (exact) mass is 190 g/mol. The van der Waals surface area contributed by atoms with Crippen LogP contribution in [0.5, 0.6) is 0 Å². The molecule has 0 aromatic heterocycles. The Kier molecular flexibility index (Phi) is 1.70. The Hall–Kier alpha value is -1.97. The molecule has 0 saturated carbocycles. The molecular weight excluding hydrogens is 184 g/mol. The first-order chi connectivity index (χ1) is 6.61. The van der Waals surface area contributed by atoms with Gasteiger partial charge in [-0.15, -0.1) is 0 Å². The SMILES string of the molecule is CC(=O)c1cccc2c1C(=O)OC2=O. The van der Waals surface area contributed by atoms with Crippen LogP contribution in [0.1, 0.15) is 38.0 Å². The second-order valence-corrected chi connectivity index (χ2v) is 2.96. The van der Waals surface area contributed by atoms with Crippen LogP contribution in [0.2, 0.25) is 0 Å². The smallest absolute Gasteiger partial charge is 0.347 e. The predicted octanol–water partition coefficient (Wildman–Crippen LogP) is 1.20. The first kappa shape index (κ1) is 8.62. The summed E-state index contributed by atoms with van der Waals surface area (Å²) in [5.41, 5.74) is 0.492. The third-order valence-electron chi connectivity index (χ3n) is 2.05. The van der Waals surface area contributed by atoms with Crippen LogP contribution in [0.25, 0.3) is 0 Å². The lowest BCUT2D eigenvalue weighted by Gasteiger charge is -1.98. The molecule has 0 amide bonds. The molecule has 0 saturated heterocycles. The van der Waals surface area contributed by atoms with Gasteiger partial charge in [-0.05, 0) is 13.0 Å². The number of ether oxygens (including phenoxy) is 1. The predicted molar refractivity (Wildman–Crippen MR) is 46.2 cm³/mol. The number of carbonyl (C=O) groups excluding carboxylic acids is 3. The van der Waals surface area contributed by atoms with Gasteiger partial charge >= 0.3 is 11.9 Å². The van der Waals surface area contributed by atoms with Gasteiger partial charge in [-0.25, -0.2) is 9.59 Å². The van der Waals surface area contributed by atoms with E-state index in [1.54, 1.807) is 6.07 Å². The summed E-state index contributed by atoms with van der Waals surface area (Å²) in [6.07, 6.45) is 0. The Balaban J connectivity index is 2.74. The standard InChI is InChI=1S/C10H6O4/c1-5(11)6-3-2-4-7-8(6)10(13)14-9(7)12/h2-4H,1H3.